The first kappa shape index (κ1) is 14.4. The van der Waals surface area contributed by atoms with E-state index in [1.807, 2.05) is 25.1 Å². The summed E-state index contributed by atoms with van der Waals surface area (Å²) in [6, 6.07) is 5.65. The van der Waals surface area contributed by atoms with E-state index in [0.29, 0.717) is 36.7 Å². The van der Waals surface area contributed by atoms with Crippen LogP contribution in [0.15, 0.2) is 29.0 Å². The van der Waals surface area contributed by atoms with Crippen LogP contribution in [-0.2, 0) is 12.8 Å². The van der Waals surface area contributed by atoms with Crippen molar-refractivity contribution in [3.63, 3.8) is 0 Å². The lowest BCUT2D eigenvalue weighted by molar-refractivity contribution is 0.0908. The van der Waals surface area contributed by atoms with Gasteiger partial charge in [0.15, 0.2) is 23.6 Å². The number of ether oxygens (including phenoxy) is 2. The van der Waals surface area contributed by atoms with E-state index in [1.54, 1.807) is 7.11 Å². The molecule has 1 aliphatic heterocycles. The molecule has 3 rings (SSSR count). The number of carbonyl (C=O) groups is 1. The van der Waals surface area contributed by atoms with Crippen LogP contribution in [0.4, 0.5) is 0 Å². The van der Waals surface area contributed by atoms with Crippen LogP contribution < -0.4 is 14.8 Å². The van der Waals surface area contributed by atoms with Crippen molar-refractivity contribution in [1.82, 2.24) is 10.3 Å². The summed E-state index contributed by atoms with van der Waals surface area (Å²) in [4.78, 5) is 16.3. The van der Waals surface area contributed by atoms with Gasteiger partial charge in [-0.25, -0.2) is 4.98 Å². The monoisotopic (exact) mass is 302 g/mol. The van der Waals surface area contributed by atoms with Gasteiger partial charge in [-0.05, 0) is 12.5 Å². The third-order valence-corrected chi connectivity index (χ3v) is 3.69. The van der Waals surface area contributed by atoms with Gasteiger partial charge < -0.3 is 19.2 Å². The molecule has 1 amide bonds. The highest BCUT2D eigenvalue weighted by atomic mass is 16.5. The highest BCUT2D eigenvalue weighted by Crippen LogP contribution is 2.34. The maximum absolute atomic E-state index is 12.3. The summed E-state index contributed by atoms with van der Waals surface area (Å²) < 4.78 is 16.2. The Morgan fingerprint density at radius 2 is 2.36 bits per heavy atom. The molecule has 1 aromatic carbocycles. The molecule has 1 atom stereocenters. The van der Waals surface area contributed by atoms with Crippen LogP contribution in [0.1, 0.15) is 28.7 Å². The Hall–Kier alpha value is -2.50. The van der Waals surface area contributed by atoms with Crippen molar-refractivity contribution < 1.29 is 18.7 Å². The van der Waals surface area contributed by atoms with E-state index < -0.39 is 0 Å². The zero-order valence-electron chi connectivity index (χ0n) is 12.6. The number of amides is 1. The Bertz CT molecular complexity index is 681. The first-order chi connectivity index (χ1) is 10.7. The first-order valence-electron chi connectivity index (χ1n) is 7.24. The van der Waals surface area contributed by atoms with Gasteiger partial charge in [0.2, 0.25) is 0 Å². The zero-order valence-corrected chi connectivity index (χ0v) is 12.6. The number of hydrogen-bond acceptors (Lipinski definition) is 5. The smallest absolute Gasteiger partial charge is 0.273 e. The number of para-hydroxylation sites is 1. The van der Waals surface area contributed by atoms with Crippen LogP contribution in [0.3, 0.4) is 0 Å². The number of rotatable bonds is 4. The highest BCUT2D eigenvalue weighted by molar-refractivity contribution is 5.93. The Kier molecular flexibility index (Phi) is 4.00. The minimum Gasteiger partial charge on any atom is -0.493 e. The van der Waals surface area contributed by atoms with Crippen LogP contribution in [0, 0.1) is 0 Å². The summed E-state index contributed by atoms with van der Waals surface area (Å²) in [5.74, 6) is 1.83. The summed E-state index contributed by atoms with van der Waals surface area (Å²) in [5.41, 5.74) is 1.37. The van der Waals surface area contributed by atoms with Crippen LogP contribution in [0.5, 0.6) is 11.5 Å². The summed E-state index contributed by atoms with van der Waals surface area (Å²) >= 11 is 0. The van der Waals surface area contributed by atoms with Gasteiger partial charge in [0.05, 0.1) is 13.2 Å². The van der Waals surface area contributed by atoms with Gasteiger partial charge in [-0.3, -0.25) is 4.79 Å². The number of hydrogen-bond donors (Lipinski definition) is 1. The molecular weight excluding hydrogens is 284 g/mol. The molecule has 0 radical (unpaired) electrons. The van der Waals surface area contributed by atoms with Crippen molar-refractivity contribution in [2.24, 2.45) is 0 Å². The number of oxazole rings is 1. The van der Waals surface area contributed by atoms with Crippen LogP contribution in [0.2, 0.25) is 0 Å². The topological polar surface area (TPSA) is 73.6 Å². The Morgan fingerprint density at radius 3 is 3.14 bits per heavy atom. The molecule has 0 aliphatic carbocycles. The lowest BCUT2D eigenvalue weighted by Crippen LogP contribution is -2.43. The van der Waals surface area contributed by atoms with Crippen molar-refractivity contribution >= 4 is 5.91 Å². The van der Waals surface area contributed by atoms with Gasteiger partial charge in [0.1, 0.15) is 12.4 Å². The minimum absolute atomic E-state index is 0.103. The molecule has 0 spiro atoms. The van der Waals surface area contributed by atoms with E-state index in [4.69, 9.17) is 13.9 Å². The summed E-state index contributed by atoms with van der Waals surface area (Å²) in [5, 5.41) is 2.95. The average Bonchev–Trinajstić information content (AvgIpc) is 3.02. The third kappa shape index (κ3) is 2.64. The van der Waals surface area contributed by atoms with Crippen molar-refractivity contribution in [1.29, 1.82) is 0 Å². The maximum Gasteiger partial charge on any atom is 0.273 e. The van der Waals surface area contributed by atoms with E-state index >= 15 is 0 Å². The fraction of sp³-hybridized carbons (Fsp3) is 0.375. The number of aromatic nitrogens is 1. The van der Waals surface area contributed by atoms with Gasteiger partial charge >= 0.3 is 0 Å². The van der Waals surface area contributed by atoms with Crippen LogP contribution in [0.25, 0.3) is 0 Å². The van der Waals surface area contributed by atoms with Gasteiger partial charge in [0.25, 0.3) is 5.91 Å². The second-order valence-corrected chi connectivity index (χ2v) is 5.11. The molecule has 2 aromatic rings. The number of nitrogens with one attached hydrogen (secondary N) is 1. The highest BCUT2D eigenvalue weighted by Gasteiger charge is 2.25. The summed E-state index contributed by atoms with van der Waals surface area (Å²) in [7, 11) is 1.61. The molecule has 0 saturated carbocycles. The van der Waals surface area contributed by atoms with Gasteiger partial charge in [0, 0.05) is 12.0 Å². The molecule has 0 bridgehead atoms. The number of methoxy groups -OCH3 is 1. The number of nitrogens with zero attached hydrogens (tertiary/aromatic N) is 1. The molecule has 22 heavy (non-hydrogen) atoms. The molecule has 0 fully saturated rings. The Morgan fingerprint density at radius 1 is 1.50 bits per heavy atom. The third-order valence-electron chi connectivity index (χ3n) is 3.69. The van der Waals surface area contributed by atoms with Gasteiger partial charge in [-0.1, -0.05) is 19.1 Å². The van der Waals surface area contributed by atoms with Crippen molar-refractivity contribution in [3.05, 3.63) is 41.6 Å². The Labute approximate surface area is 128 Å². The number of carbonyl (C=O) groups excluding carboxylic acids is 1. The summed E-state index contributed by atoms with van der Waals surface area (Å²) in [6.07, 6.45) is 2.62. The average molecular weight is 302 g/mol. The fourth-order valence-corrected chi connectivity index (χ4v) is 2.61. The zero-order chi connectivity index (χ0) is 15.5. The van der Waals surface area contributed by atoms with E-state index in [9.17, 15) is 4.79 Å². The van der Waals surface area contributed by atoms with Crippen LogP contribution in [-0.4, -0.2) is 30.6 Å². The van der Waals surface area contributed by atoms with E-state index in [2.05, 4.69) is 10.3 Å². The lowest BCUT2D eigenvalue weighted by atomic mass is 10.0. The van der Waals surface area contributed by atoms with Crippen LogP contribution >= 0.6 is 0 Å². The minimum atomic E-state index is -0.231. The largest absolute Gasteiger partial charge is 0.493 e. The van der Waals surface area contributed by atoms with Crippen molar-refractivity contribution in [3.8, 4) is 11.5 Å². The molecule has 6 nitrogen and oxygen atoms in total. The molecule has 1 unspecified atom stereocenters. The lowest BCUT2D eigenvalue weighted by Gasteiger charge is -2.27. The quantitative estimate of drug-likeness (QED) is 0.935. The number of fused-ring (bicyclic) bond motifs is 1. The van der Waals surface area contributed by atoms with E-state index in [1.165, 1.54) is 6.39 Å². The number of aryl methyl sites for hydroxylation is 1. The van der Waals surface area contributed by atoms with Crippen molar-refractivity contribution in [2.45, 2.75) is 25.8 Å². The second-order valence-electron chi connectivity index (χ2n) is 5.11. The molecule has 1 aliphatic rings. The first-order valence-corrected chi connectivity index (χ1v) is 7.24. The molecular formula is C16H18N2O4. The molecule has 6 heteroatoms. The Balaban J connectivity index is 1.72. The van der Waals surface area contributed by atoms with Crippen molar-refractivity contribution in [2.75, 3.05) is 13.7 Å². The number of benzene rings is 1. The molecule has 116 valence electrons. The van der Waals surface area contributed by atoms with Gasteiger partial charge in [-0.15, -0.1) is 0 Å². The summed E-state index contributed by atoms with van der Waals surface area (Å²) in [6.45, 7) is 2.32. The normalized spacial score (nSPS) is 16.5. The molecule has 0 saturated heterocycles. The second kappa shape index (κ2) is 6.09. The van der Waals surface area contributed by atoms with E-state index in [0.717, 1.165) is 11.3 Å². The molecule has 1 aromatic heterocycles. The SMILES string of the molecule is CCc1ocnc1C(=O)NC1COc2c(cccc2OC)C1. The van der Waals surface area contributed by atoms with E-state index in [-0.39, 0.29) is 11.9 Å². The standard InChI is InChI=1S/C16H18N2O4/c1-3-12-14(17-9-22-12)16(19)18-11-7-10-5-4-6-13(20-2)15(10)21-8-11/h4-6,9,11H,3,7-8H2,1-2H3,(H,18,19). The fourth-order valence-electron chi connectivity index (χ4n) is 2.61. The molecule has 2 heterocycles. The van der Waals surface area contributed by atoms with Gasteiger partial charge in [-0.2, -0.15) is 0 Å². The predicted octanol–water partition coefficient (Wildman–Crippen LogP) is 1.98. The maximum atomic E-state index is 12.3. The molecule has 1 N–H and O–H groups in total. The predicted molar refractivity (Wildman–Crippen MR) is 79.3 cm³/mol.